The Morgan fingerprint density at radius 3 is 2.36 bits per heavy atom. The summed E-state index contributed by atoms with van der Waals surface area (Å²) in [6.45, 7) is 7.21. The van der Waals surface area contributed by atoms with Crippen LogP contribution in [-0.4, -0.2) is 38.7 Å². The molecule has 0 unspecified atom stereocenters. The van der Waals surface area contributed by atoms with Crippen LogP contribution in [0.1, 0.15) is 27.7 Å². The Balaban J connectivity index is 2.05. The summed E-state index contributed by atoms with van der Waals surface area (Å²) in [7, 11) is -2.05. The van der Waals surface area contributed by atoms with Crippen molar-refractivity contribution in [3.8, 4) is 21.0 Å². The number of amides is 1. The first kappa shape index (κ1) is 24.7. The average molecular weight is 489 g/mol. The van der Waals surface area contributed by atoms with Crippen molar-refractivity contribution in [3.63, 3.8) is 0 Å². The monoisotopic (exact) mass is 488 g/mol. The number of rotatable bonds is 7. The molecule has 8 nitrogen and oxygen atoms in total. The number of hydrogen-bond donors (Lipinski definition) is 3. The molecule has 0 aliphatic heterocycles. The van der Waals surface area contributed by atoms with E-state index >= 15 is 0 Å². The van der Waals surface area contributed by atoms with Gasteiger partial charge < -0.3 is 10.1 Å². The van der Waals surface area contributed by atoms with Crippen molar-refractivity contribution in [1.29, 1.82) is 0 Å². The van der Waals surface area contributed by atoms with Crippen LogP contribution in [0.5, 0.6) is 0 Å². The summed E-state index contributed by atoms with van der Waals surface area (Å²) < 4.78 is 34.1. The molecule has 0 fully saturated rings. The molecule has 1 heterocycles. The van der Waals surface area contributed by atoms with Gasteiger partial charge in [0.2, 0.25) is 10.0 Å². The van der Waals surface area contributed by atoms with Crippen LogP contribution in [-0.2, 0) is 14.8 Å². The maximum Gasteiger partial charge on any atom is 0.411 e. The summed E-state index contributed by atoms with van der Waals surface area (Å²) in [4.78, 5) is 17.1. The zero-order valence-corrected chi connectivity index (χ0v) is 20.9. The van der Waals surface area contributed by atoms with E-state index in [1.54, 1.807) is 46.0 Å². The van der Waals surface area contributed by atoms with Crippen LogP contribution in [0.15, 0.2) is 53.6 Å². The molecule has 176 valence electrons. The lowest BCUT2D eigenvalue weighted by molar-refractivity contribution is 0.168. The van der Waals surface area contributed by atoms with E-state index in [0.29, 0.717) is 16.1 Å². The molecule has 3 rings (SSSR count). The molecule has 3 N–H and O–H groups in total. The van der Waals surface area contributed by atoms with E-state index in [2.05, 4.69) is 20.3 Å². The second-order valence-electron chi connectivity index (χ2n) is 8.27. The molecule has 0 aliphatic carbocycles. The third-order valence-corrected chi connectivity index (χ3v) is 7.30. The minimum atomic E-state index is -3.90. The molecule has 1 aromatic heterocycles. The SMILES string of the molecule is CCOC(=O)Nc1ccc(-c2cnc(-c3ccc(NC)cc3)s2)c(S(=O)(=O)NC(C)(C)C)c1. The fourth-order valence-electron chi connectivity index (χ4n) is 3.08. The quantitative estimate of drug-likeness (QED) is 0.424. The van der Waals surface area contributed by atoms with E-state index in [4.69, 9.17) is 4.74 Å². The normalized spacial score (nSPS) is 11.8. The van der Waals surface area contributed by atoms with Crippen molar-refractivity contribution in [3.05, 3.63) is 48.7 Å². The van der Waals surface area contributed by atoms with Gasteiger partial charge in [0.25, 0.3) is 0 Å². The first-order chi connectivity index (χ1) is 15.5. The number of nitrogens with zero attached hydrogens (tertiary/aromatic N) is 1. The van der Waals surface area contributed by atoms with Gasteiger partial charge >= 0.3 is 6.09 Å². The Morgan fingerprint density at radius 2 is 1.76 bits per heavy atom. The molecule has 3 aromatic rings. The molecule has 2 aromatic carbocycles. The first-order valence-corrected chi connectivity index (χ1v) is 12.7. The van der Waals surface area contributed by atoms with Gasteiger partial charge in [0.1, 0.15) is 5.01 Å². The Morgan fingerprint density at radius 1 is 1.09 bits per heavy atom. The van der Waals surface area contributed by atoms with Crippen molar-refractivity contribution >= 4 is 38.8 Å². The largest absolute Gasteiger partial charge is 0.450 e. The zero-order valence-electron chi connectivity index (χ0n) is 19.2. The molecule has 0 saturated carbocycles. The highest BCUT2D eigenvalue weighted by atomic mass is 32.2. The zero-order chi connectivity index (χ0) is 24.2. The summed E-state index contributed by atoms with van der Waals surface area (Å²) in [6, 6.07) is 12.6. The van der Waals surface area contributed by atoms with E-state index in [9.17, 15) is 13.2 Å². The van der Waals surface area contributed by atoms with Crippen LogP contribution in [0.2, 0.25) is 0 Å². The second kappa shape index (κ2) is 9.90. The van der Waals surface area contributed by atoms with Crippen LogP contribution in [0.4, 0.5) is 16.2 Å². The Labute approximate surface area is 198 Å². The van der Waals surface area contributed by atoms with E-state index in [1.165, 1.54) is 17.4 Å². The number of thiazole rings is 1. The van der Waals surface area contributed by atoms with E-state index in [-0.39, 0.29) is 11.5 Å². The lowest BCUT2D eigenvalue weighted by Gasteiger charge is -2.22. The third-order valence-electron chi connectivity index (χ3n) is 4.43. The number of hydrogen-bond acceptors (Lipinski definition) is 7. The molecule has 0 atom stereocenters. The van der Waals surface area contributed by atoms with Gasteiger partial charge in [-0.3, -0.25) is 5.32 Å². The van der Waals surface area contributed by atoms with Crippen molar-refractivity contribution in [2.45, 2.75) is 38.1 Å². The second-order valence-corrected chi connectivity index (χ2v) is 11.0. The molecule has 1 amide bonds. The molecule has 0 saturated heterocycles. The van der Waals surface area contributed by atoms with Crippen LogP contribution in [0.3, 0.4) is 0 Å². The van der Waals surface area contributed by atoms with Gasteiger partial charge in [0, 0.05) is 41.3 Å². The highest BCUT2D eigenvalue weighted by Gasteiger charge is 2.26. The maximum atomic E-state index is 13.3. The van der Waals surface area contributed by atoms with Gasteiger partial charge in [-0.2, -0.15) is 0 Å². The predicted octanol–water partition coefficient (Wildman–Crippen LogP) is 5.16. The molecule has 0 spiro atoms. The van der Waals surface area contributed by atoms with Crippen LogP contribution in [0, 0.1) is 0 Å². The summed E-state index contributed by atoms with van der Waals surface area (Å²) in [5, 5.41) is 6.42. The number of benzene rings is 2. The number of anilines is 2. The maximum absolute atomic E-state index is 13.3. The van der Waals surface area contributed by atoms with Crippen molar-refractivity contribution < 1.29 is 17.9 Å². The predicted molar refractivity (Wildman–Crippen MR) is 133 cm³/mol. The summed E-state index contributed by atoms with van der Waals surface area (Å²) in [6.07, 6.45) is 1.01. The minimum Gasteiger partial charge on any atom is -0.450 e. The lowest BCUT2D eigenvalue weighted by atomic mass is 10.1. The number of carbonyl (C=O) groups is 1. The van der Waals surface area contributed by atoms with E-state index in [0.717, 1.165) is 16.3 Å². The van der Waals surface area contributed by atoms with Gasteiger partial charge in [0.15, 0.2) is 0 Å². The van der Waals surface area contributed by atoms with Gasteiger partial charge in [-0.25, -0.2) is 22.9 Å². The molecular weight excluding hydrogens is 460 g/mol. The topological polar surface area (TPSA) is 109 Å². The van der Waals surface area contributed by atoms with Crippen molar-refractivity contribution in [2.24, 2.45) is 0 Å². The summed E-state index contributed by atoms with van der Waals surface area (Å²) in [5.41, 5.74) is 2.05. The minimum absolute atomic E-state index is 0.0486. The van der Waals surface area contributed by atoms with Crippen LogP contribution in [0.25, 0.3) is 21.0 Å². The Kier molecular flexibility index (Phi) is 7.41. The number of nitrogens with one attached hydrogen (secondary N) is 3. The van der Waals surface area contributed by atoms with Gasteiger partial charge in [-0.05, 0) is 64.1 Å². The van der Waals surface area contributed by atoms with Gasteiger partial charge in [-0.1, -0.05) is 6.07 Å². The standard InChI is InChI=1S/C23H28N4O4S2/c1-6-31-22(28)26-17-11-12-18(20(13-17)33(29,30)27-23(2,3)4)19-14-25-21(32-19)15-7-9-16(24-5)10-8-15/h7-14,24,27H,6H2,1-5H3,(H,26,28). The van der Waals surface area contributed by atoms with Crippen LogP contribution >= 0.6 is 11.3 Å². The summed E-state index contributed by atoms with van der Waals surface area (Å²) in [5.74, 6) is 0. The molecular formula is C23H28N4O4S2. The smallest absolute Gasteiger partial charge is 0.411 e. The number of sulfonamides is 1. The number of ether oxygens (including phenoxy) is 1. The van der Waals surface area contributed by atoms with Gasteiger partial charge in [-0.15, -0.1) is 11.3 Å². The highest BCUT2D eigenvalue weighted by molar-refractivity contribution is 7.89. The number of carbonyl (C=O) groups excluding carboxylic acids is 1. The van der Waals surface area contributed by atoms with Crippen LogP contribution < -0.4 is 15.4 Å². The van der Waals surface area contributed by atoms with Crippen molar-refractivity contribution in [1.82, 2.24) is 9.71 Å². The third kappa shape index (κ3) is 6.31. The fourth-order valence-corrected chi connectivity index (χ4v) is 5.77. The Bertz CT molecular complexity index is 1230. The summed E-state index contributed by atoms with van der Waals surface area (Å²) >= 11 is 1.39. The average Bonchev–Trinajstić information content (AvgIpc) is 3.22. The number of aromatic nitrogens is 1. The fraction of sp³-hybridized carbons (Fsp3) is 0.304. The Hall–Kier alpha value is -2.95. The lowest BCUT2D eigenvalue weighted by Crippen LogP contribution is -2.40. The van der Waals surface area contributed by atoms with Gasteiger partial charge in [0.05, 0.1) is 16.4 Å². The highest BCUT2D eigenvalue weighted by Crippen LogP contribution is 2.37. The molecule has 33 heavy (non-hydrogen) atoms. The van der Waals surface area contributed by atoms with E-state index < -0.39 is 21.7 Å². The molecule has 10 heteroatoms. The molecule has 0 bridgehead atoms. The first-order valence-electron chi connectivity index (χ1n) is 10.4. The molecule has 0 aliphatic rings. The van der Waals surface area contributed by atoms with Crippen molar-refractivity contribution in [2.75, 3.05) is 24.3 Å². The van der Waals surface area contributed by atoms with E-state index in [1.807, 2.05) is 31.3 Å². The molecule has 0 radical (unpaired) electrons.